The number of nitrogens with zero attached hydrogens (tertiary/aromatic N) is 1. The van der Waals surface area contributed by atoms with Gasteiger partial charge in [-0.05, 0) is 11.8 Å². The summed E-state index contributed by atoms with van der Waals surface area (Å²) in [6.07, 6.45) is 0.840. The lowest BCUT2D eigenvalue weighted by Crippen LogP contribution is -2.54. The Labute approximate surface area is 136 Å². The summed E-state index contributed by atoms with van der Waals surface area (Å²) in [7, 11) is 0. The molecule has 0 saturated carbocycles. The summed E-state index contributed by atoms with van der Waals surface area (Å²) in [5, 5.41) is 0. The zero-order valence-corrected chi connectivity index (χ0v) is 14.1. The molecular weight excluding hydrogens is 296 g/mol. The summed E-state index contributed by atoms with van der Waals surface area (Å²) in [6, 6.07) is 9.34. The lowest BCUT2D eigenvalue weighted by molar-refractivity contribution is -0.131. The Morgan fingerprint density at radius 2 is 1.95 bits per heavy atom. The van der Waals surface area contributed by atoms with Crippen LogP contribution in [0.1, 0.15) is 30.6 Å². The van der Waals surface area contributed by atoms with E-state index in [1.54, 1.807) is 12.1 Å². The summed E-state index contributed by atoms with van der Waals surface area (Å²) in [6.45, 7) is 5.61. The van der Waals surface area contributed by atoms with E-state index < -0.39 is 0 Å². The molecule has 22 heavy (non-hydrogen) atoms. The van der Waals surface area contributed by atoms with E-state index in [1.807, 2.05) is 23.1 Å². The summed E-state index contributed by atoms with van der Waals surface area (Å²) in [4.78, 5) is 26.1. The van der Waals surface area contributed by atoms with Gasteiger partial charge in [0, 0.05) is 24.7 Å². The Kier molecular flexibility index (Phi) is 5.64. The molecule has 1 saturated heterocycles. The number of thioether (sulfide) groups is 1. The molecule has 1 fully saturated rings. The first-order valence-corrected chi connectivity index (χ1v) is 8.75. The van der Waals surface area contributed by atoms with Gasteiger partial charge in [-0.1, -0.05) is 44.2 Å². The van der Waals surface area contributed by atoms with E-state index in [0.717, 1.165) is 13.0 Å². The predicted molar refractivity (Wildman–Crippen MR) is 91.1 cm³/mol. The minimum absolute atomic E-state index is 0.0432. The molecule has 0 bridgehead atoms. The maximum Gasteiger partial charge on any atom is 0.232 e. The van der Waals surface area contributed by atoms with Crippen LogP contribution in [-0.2, 0) is 4.79 Å². The third kappa shape index (κ3) is 4.34. The number of likely N-dealkylation sites (tertiary alicyclic amines) is 1. The van der Waals surface area contributed by atoms with Crippen LogP contribution in [0, 0.1) is 5.41 Å². The van der Waals surface area contributed by atoms with E-state index in [4.69, 9.17) is 5.73 Å². The molecule has 120 valence electrons. The molecule has 1 atom stereocenters. The van der Waals surface area contributed by atoms with Crippen molar-refractivity contribution in [3.63, 3.8) is 0 Å². The highest BCUT2D eigenvalue weighted by atomic mass is 32.2. The highest BCUT2D eigenvalue weighted by Gasteiger charge is 2.35. The molecule has 5 heteroatoms. The molecule has 4 nitrogen and oxygen atoms in total. The molecule has 1 aromatic rings. The van der Waals surface area contributed by atoms with Crippen molar-refractivity contribution in [1.82, 2.24) is 4.90 Å². The van der Waals surface area contributed by atoms with Crippen molar-refractivity contribution >= 4 is 23.5 Å². The average molecular weight is 320 g/mol. The Morgan fingerprint density at radius 1 is 1.27 bits per heavy atom. The maximum absolute atomic E-state index is 12.3. The normalized spacial score (nSPS) is 20.7. The summed E-state index contributed by atoms with van der Waals surface area (Å²) >= 11 is 1.39. The molecule has 2 N–H and O–H groups in total. The predicted octanol–water partition coefficient (Wildman–Crippen LogP) is 2.19. The highest BCUT2D eigenvalue weighted by Crippen LogP contribution is 2.28. The van der Waals surface area contributed by atoms with Crippen LogP contribution in [0.25, 0.3) is 0 Å². The SMILES string of the molecule is CC1(C)CN(C(=O)CSCC(=O)c2ccccc2)CCC1N. The van der Waals surface area contributed by atoms with Gasteiger partial charge in [0.1, 0.15) is 0 Å². The Hall–Kier alpha value is -1.33. The van der Waals surface area contributed by atoms with Gasteiger partial charge in [0.25, 0.3) is 0 Å². The van der Waals surface area contributed by atoms with Crippen LogP contribution in [-0.4, -0.2) is 47.2 Å². The number of piperidine rings is 1. The van der Waals surface area contributed by atoms with Crippen LogP contribution < -0.4 is 5.73 Å². The van der Waals surface area contributed by atoms with Crippen molar-refractivity contribution in [3.8, 4) is 0 Å². The molecule has 0 radical (unpaired) electrons. The first-order valence-electron chi connectivity index (χ1n) is 7.59. The standard InChI is InChI=1S/C17H24N2O2S/c1-17(2)12-19(9-8-15(17)18)16(21)11-22-10-14(20)13-6-4-3-5-7-13/h3-7,15H,8-12,18H2,1-2H3. The second-order valence-electron chi connectivity index (χ2n) is 6.48. The summed E-state index contributed by atoms with van der Waals surface area (Å²) in [5.41, 5.74) is 6.75. The molecule has 1 amide bonds. The van der Waals surface area contributed by atoms with Crippen molar-refractivity contribution in [2.45, 2.75) is 26.3 Å². The topological polar surface area (TPSA) is 63.4 Å². The number of benzene rings is 1. The minimum Gasteiger partial charge on any atom is -0.341 e. The summed E-state index contributed by atoms with van der Waals surface area (Å²) < 4.78 is 0. The van der Waals surface area contributed by atoms with Gasteiger partial charge >= 0.3 is 0 Å². The zero-order chi connectivity index (χ0) is 16.2. The van der Waals surface area contributed by atoms with Crippen molar-refractivity contribution in [3.05, 3.63) is 35.9 Å². The van der Waals surface area contributed by atoms with Crippen LogP contribution in [0.2, 0.25) is 0 Å². The maximum atomic E-state index is 12.3. The fourth-order valence-corrected chi connectivity index (χ4v) is 3.43. The second kappa shape index (κ2) is 7.29. The highest BCUT2D eigenvalue weighted by molar-refractivity contribution is 8.00. The smallest absolute Gasteiger partial charge is 0.232 e. The first kappa shape index (κ1) is 17.0. The summed E-state index contributed by atoms with van der Waals surface area (Å²) in [5.74, 6) is 0.862. The number of nitrogens with two attached hydrogens (primary N) is 1. The van der Waals surface area contributed by atoms with Gasteiger partial charge in [-0.2, -0.15) is 0 Å². The number of Topliss-reactive ketones (excluding diaryl/α,β-unsaturated/α-hetero) is 1. The first-order chi connectivity index (χ1) is 10.4. The van der Waals surface area contributed by atoms with E-state index in [1.165, 1.54) is 11.8 Å². The van der Waals surface area contributed by atoms with Crippen molar-refractivity contribution in [2.24, 2.45) is 11.1 Å². The molecule has 2 rings (SSSR count). The van der Waals surface area contributed by atoms with E-state index in [9.17, 15) is 9.59 Å². The van der Waals surface area contributed by atoms with Gasteiger partial charge in [0.2, 0.25) is 5.91 Å². The molecule has 1 aromatic carbocycles. The molecule has 1 heterocycles. The fourth-order valence-electron chi connectivity index (χ4n) is 2.62. The van der Waals surface area contributed by atoms with Gasteiger partial charge < -0.3 is 10.6 Å². The quantitative estimate of drug-likeness (QED) is 0.845. The molecule has 1 aliphatic rings. The van der Waals surface area contributed by atoms with Gasteiger partial charge in [-0.3, -0.25) is 9.59 Å². The Morgan fingerprint density at radius 3 is 2.59 bits per heavy atom. The van der Waals surface area contributed by atoms with E-state index >= 15 is 0 Å². The molecule has 1 aliphatic heterocycles. The van der Waals surface area contributed by atoms with E-state index in [-0.39, 0.29) is 23.1 Å². The van der Waals surface area contributed by atoms with Crippen LogP contribution in [0.4, 0.5) is 0 Å². The monoisotopic (exact) mass is 320 g/mol. The van der Waals surface area contributed by atoms with Gasteiger partial charge in [-0.15, -0.1) is 11.8 Å². The number of hydrogen-bond acceptors (Lipinski definition) is 4. The number of amides is 1. The number of carbonyl (C=O) groups is 2. The molecule has 0 aromatic heterocycles. The van der Waals surface area contributed by atoms with Crippen LogP contribution in [0.5, 0.6) is 0 Å². The van der Waals surface area contributed by atoms with Gasteiger partial charge in [0.15, 0.2) is 5.78 Å². The largest absolute Gasteiger partial charge is 0.341 e. The number of hydrogen-bond donors (Lipinski definition) is 1. The Balaban J connectivity index is 1.78. The number of carbonyl (C=O) groups excluding carboxylic acids is 2. The van der Waals surface area contributed by atoms with E-state index in [2.05, 4.69) is 13.8 Å². The van der Waals surface area contributed by atoms with E-state index in [0.29, 0.717) is 23.6 Å². The zero-order valence-electron chi connectivity index (χ0n) is 13.2. The molecule has 0 aliphatic carbocycles. The average Bonchev–Trinajstić information content (AvgIpc) is 2.50. The molecule has 1 unspecified atom stereocenters. The molecular formula is C17H24N2O2S. The third-order valence-corrected chi connectivity index (χ3v) is 5.14. The second-order valence-corrected chi connectivity index (χ2v) is 7.47. The lowest BCUT2D eigenvalue weighted by atomic mass is 9.80. The lowest BCUT2D eigenvalue weighted by Gasteiger charge is -2.42. The van der Waals surface area contributed by atoms with Gasteiger partial charge in [-0.25, -0.2) is 0 Å². The fraction of sp³-hybridized carbons (Fsp3) is 0.529. The number of ketones is 1. The van der Waals surface area contributed by atoms with Crippen molar-refractivity contribution < 1.29 is 9.59 Å². The van der Waals surface area contributed by atoms with Crippen LogP contribution in [0.15, 0.2) is 30.3 Å². The minimum atomic E-state index is -0.0432. The van der Waals surface area contributed by atoms with Gasteiger partial charge in [0.05, 0.1) is 11.5 Å². The molecule has 0 spiro atoms. The number of rotatable bonds is 5. The van der Waals surface area contributed by atoms with Crippen molar-refractivity contribution in [2.75, 3.05) is 24.6 Å². The third-order valence-electron chi connectivity index (χ3n) is 4.22. The Bertz CT molecular complexity index is 531. The van der Waals surface area contributed by atoms with Crippen LogP contribution in [0.3, 0.4) is 0 Å². The van der Waals surface area contributed by atoms with Crippen molar-refractivity contribution in [1.29, 1.82) is 0 Å². The van der Waals surface area contributed by atoms with Crippen LogP contribution >= 0.6 is 11.8 Å².